The van der Waals surface area contributed by atoms with E-state index in [0.717, 1.165) is 11.0 Å². The maximum atomic E-state index is 12.2. The highest BCUT2D eigenvalue weighted by Crippen LogP contribution is 2.24. The van der Waals surface area contributed by atoms with Crippen molar-refractivity contribution in [2.45, 2.75) is 0 Å². The number of nitrogen functional groups attached to an aromatic ring is 1. The largest absolute Gasteiger partial charge is 0.399 e. The third kappa shape index (κ3) is 3.71. The average molecular weight is 353 g/mol. The van der Waals surface area contributed by atoms with Gasteiger partial charge in [0.15, 0.2) is 0 Å². The number of nitrogens with two attached hydrogens (primary N) is 1. The molecule has 3 aromatic rings. The number of anilines is 3. The lowest BCUT2D eigenvalue weighted by atomic mass is 10.2. The number of hydrogen-bond donors (Lipinski definition) is 4. The Kier molecular flexibility index (Phi) is 4.55. The summed E-state index contributed by atoms with van der Waals surface area (Å²) in [5.41, 5.74) is 8.75. The predicted molar refractivity (Wildman–Crippen MR) is 97.9 cm³/mol. The first-order valence-electron chi connectivity index (χ1n) is 7.23. The summed E-state index contributed by atoms with van der Waals surface area (Å²) in [7, 11) is 0. The molecule has 0 aliphatic heterocycles. The molecule has 1 amide bonds. The van der Waals surface area contributed by atoms with Crippen molar-refractivity contribution in [3.8, 4) is 6.07 Å². The first-order chi connectivity index (χ1) is 12.1. The quantitative estimate of drug-likeness (QED) is 0.326. The van der Waals surface area contributed by atoms with Crippen LogP contribution in [0.4, 0.5) is 17.1 Å². The van der Waals surface area contributed by atoms with E-state index in [0.29, 0.717) is 22.1 Å². The van der Waals surface area contributed by atoms with Gasteiger partial charge in [0.25, 0.3) is 5.91 Å². The molecule has 0 unspecified atom stereocenters. The molecule has 8 heteroatoms. The van der Waals surface area contributed by atoms with Crippen LogP contribution in [0.5, 0.6) is 0 Å². The second kappa shape index (κ2) is 6.95. The van der Waals surface area contributed by atoms with Crippen molar-refractivity contribution in [1.82, 2.24) is 9.97 Å². The van der Waals surface area contributed by atoms with Crippen LogP contribution >= 0.6 is 11.6 Å². The van der Waals surface area contributed by atoms with Gasteiger partial charge in [-0.3, -0.25) is 4.79 Å². The van der Waals surface area contributed by atoms with Crippen LogP contribution in [0.3, 0.4) is 0 Å². The van der Waals surface area contributed by atoms with Gasteiger partial charge >= 0.3 is 0 Å². The molecule has 25 heavy (non-hydrogen) atoms. The Morgan fingerprint density at radius 1 is 1.32 bits per heavy atom. The monoisotopic (exact) mass is 352 g/mol. The van der Waals surface area contributed by atoms with E-state index in [1.807, 2.05) is 18.2 Å². The minimum absolute atomic E-state index is 0.0994. The van der Waals surface area contributed by atoms with Gasteiger partial charge in [-0.15, -0.1) is 0 Å². The van der Waals surface area contributed by atoms with Crippen molar-refractivity contribution >= 4 is 45.6 Å². The Balaban J connectivity index is 1.75. The molecule has 2 aromatic carbocycles. The van der Waals surface area contributed by atoms with E-state index in [9.17, 15) is 10.1 Å². The standard InChI is InChI=1S/C17H13ClN6O/c18-13-5-11(20)1-3-14(13)24-17(25)10(7-19)8-21-12-2-4-15-16(6-12)23-9-22-15/h1-6,8-9,21H,20H2,(H,22,23)(H,24,25)/b10-8-. The van der Waals surface area contributed by atoms with Crippen molar-refractivity contribution in [3.05, 3.63) is 59.5 Å². The Bertz CT molecular complexity index is 1020. The summed E-state index contributed by atoms with van der Waals surface area (Å²) in [6.45, 7) is 0. The summed E-state index contributed by atoms with van der Waals surface area (Å²) in [5.74, 6) is -0.579. The number of fused-ring (bicyclic) bond motifs is 1. The molecule has 0 fully saturated rings. The number of amides is 1. The molecule has 5 N–H and O–H groups in total. The number of carbonyl (C=O) groups is 1. The Morgan fingerprint density at radius 2 is 2.16 bits per heavy atom. The maximum Gasteiger partial charge on any atom is 0.267 e. The van der Waals surface area contributed by atoms with E-state index in [1.54, 1.807) is 24.5 Å². The number of H-pyrrole nitrogens is 1. The molecule has 7 nitrogen and oxygen atoms in total. The molecule has 0 saturated carbocycles. The highest BCUT2D eigenvalue weighted by molar-refractivity contribution is 6.34. The molecule has 0 saturated heterocycles. The van der Waals surface area contributed by atoms with Gasteiger partial charge in [-0.2, -0.15) is 5.26 Å². The fourth-order valence-electron chi connectivity index (χ4n) is 2.15. The topological polar surface area (TPSA) is 120 Å². The van der Waals surface area contributed by atoms with Gasteiger partial charge in [0.2, 0.25) is 0 Å². The molecule has 1 aromatic heterocycles. The number of carbonyl (C=O) groups excluding carboxylic acids is 1. The van der Waals surface area contributed by atoms with Crippen LogP contribution in [-0.4, -0.2) is 15.9 Å². The number of benzene rings is 2. The molecule has 1 heterocycles. The molecule has 0 aliphatic rings. The summed E-state index contributed by atoms with van der Waals surface area (Å²) in [6, 6.07) is 12.0. The van der Waals surface area contributed by atoms with Crippen LogP contribution in [-0.2, 0) is 4.79 Å². The minimum Gasteiger partial charge on any atom is -0.399 e. The van der Waals surface area contributed by atoms with E-state index in [2.05, 4.69) is 20.6 Å². The number of nitriles is 1. The number of halogens is 1. The van der Waals surface area contributed by atoms with Gasteiger partial charge in [0, 0.05) is 17.6 Å². The summed E-state index contributed by atoms with van der Waals surface area (Å²) >= 11 is 6.02. The highest BCUT2D eigenvalue weighted by Gasteiger charge is 2.11. The van der Waals surface area contributed by atoms with E-state index < -0.39 is 5.91 Å². The SMILES string of the molecule is N#C/C(=C/Nc1ccc2nc[nH]c2c1)C(=O)Nc1ccc(N)cc1Cl. The number of imidazole rings is 1. The molecular weight excluding hydrogens is 340 g/mol. The van der Waals surface area contributed by atoms with Crippen LogP contribution in [0.2, 0.25) is 5.02 Å². The average Bonchev–Trinajstić information content (AvgIpc) is 3.05. The molecule has 124 valence electrons. The van der Waals surface area contributed by atoms with E-state index >= 15 is 0 Å². The van der Waals surface area contributed by atoms with E-state index in [-0.39, 0.29) is 5.57 Å². The first kappa shape index (κ1) is 16.4. The van der Waals surface area contributed by atoms with Crippen molar-refractivity contribution < 1.29 is 4.79 Å². The lowest BCUT2D eigenvalue weighted by Crippen LogP contribution is -2.15. The number of aromatic amines is 1. The van der Waals surface area contributed by atoms with Crippen molar-refractivity contribution in [3.63, 3.8) is 0 Å². The van der Waals surface area contributed by atoms with Crippen LogP contribution in [0, 0.1) is 11.3 Å². The number of rotatable bonds is 4. The van der Waals surface area contributed by atoms with Crippen LogP contribution in [0.25, 0.3) is 11.0 Å². The molecule has 0 bridgehead atoms. The molecule has 0 atom stereocenters. The van der Waals surface area contributed by atoms with Gasteiger partial charge < -0.3 is 21.4 Å². The predicted octanol–water partition coefficient (Wildman–Crippen LogP) is 3.26. The fourth-order valence-corrected chi connectivity index (χ4v) is 2.39. The molecule has 0 spiro atoms. The zero-order valence-corrected chi connectivity index (χ0v) is 13.6. The Morgan fingerprint density at radius 3 is 2.92 bits per heavy atom. The molecule has 0 aliphatic carbocycles. The third-order valence-electron chi connectivity index (χ3n) is 3.41. The van der Waals surface area contributed by atoms with Gasteiger partial charge in [-0.05, 0) is 36.4 Å². The second-order valence-corrected chi connectivity index (χ2v) is 5.55. The molecule has 3 rings (SSSR count). The molecular formula is C17H13ClN6O. The zero-order chi connectivity index (χ0) is 17.8. The second-order valence-electron chi connectivity index (χ2n) is 5.14. The van der Waals surface area contributed by atoms with Gasteiger partial charge in [-0.25, -0.2) is 4.98 Å². The lowest BCUT2D eigenvalue weighted by Gasteiger charge is -2.07. The first-order valence-corrected chi connectivity index (χ1v) is 7.61. The van der Waals surface area contributed by atoms with Crippen LogP contribution < -0.4 is 16.4 Å². The van der Waals surface area contributed by atoms with Gasteiger partial charge in [-0.1, -0.05) is 11.6 Å². The number of aromatic nitrogens is 2. The smallest absolute Gasteiger partial charge is 0.267 e. The Labute approximate surface area is 148 Å². The minimum atomic E-state index is -0.579. The van der Waals surface area contributed by atoms with Crippen LogP contribution in [0.15, 0.2) is 54.5 Å². The molecule has 0 radical (unpaired) electrons. The summed E-state index contributed by atoms with van der Waals surface area (Å²) in [6.07, 6.45) is 2.92. The number of nitrogens with one attached hydrogen (secondary N) is 3. The highest BCUT2D eigenvalue weighted by atomic mass is 35.5. The van der Waals surface area contributed by atoms with Crippen LogP contribution in [0.1, 0.15) is 0 Å². The van der Waals surface area contributed by atoms with Gasteiger partial charge in [0.1, 0.15) is 11.6 Å². The van der Waals surface area contributed by atoms with Crippen molar-refractivity contribution in [2.75, 3.05) is 16.4 Å². The van der Waals surface area contributed by atoms with E-state index in [1.165, 1.54) is 12.3 Å². The fraction of sp³-hybridized carbons (Fsp3) is 0. The van der Waals surface area contributed by atoms with E-state index in [4.69, 9.17) is 17.3 Å². The van der Waals surface area contributed by atoms with Crippen molar-refractivity contribution in [2.24, 2.45) is 0 Å². The summed E-state index contributed by atoms with van der Waals surface area (Å²) in [5, 5.41) is 15.0. The third-order valence-corrected chi connectivity index (χ3v) is 3.72. The number of nitrogens with zero attached hydrogens (tertiary/aromatic N) is 2. The van der Waals surface area contributed by atoms with Gasteiger partial charge in [0.05, 0.1) is 28.1 Å². The zero-order valence-electron chi connectivity index (χ0n) is 12.9. The maximum absolute atomic E-state index is 12.2. The lowest BCUT2D eigenvalue weighted by molar-refractivity contribution is -0.112. The summed E-state index contributed by atoms with van der Waals surface area (Å²) in [4.78, 5) is 19.3. The van der Waals surface area contributed by atoms with Crippen molar-refractivity contribution in [1.29, 1.82) is 5.26 Å². The number of hydrogen-bond acceptors (Lipinski definition) is 5. The Hall–Kier alpha value is -3.50. The normalized spacial score (nSPS) is 11.1. The summed E-state index contributed by atoms with van der Waals surface area (Å²) < 4.78 is 0.